The van der Waals surface area contributed by atoms with Crippen LogP contribution in [0.15, 0.2) is 71.6 Å². The number of carbonyl (C=O) groups is 2. The van der Waals surface area contributed by atoms with Crippen molar-refractivity contribution >= 4 is 27.5 Å². The number of nitrogens with one attached hydrogen (secondary N) is 1. The fraction of sp³-hybridized carbons (Fsp3) is 0.310. The second-order valence-corrected chi connectivity index (χ2v) is 11.2. The third kappa shape index (κ3) is 6.77. The maximum atomic E-state index is 13.9. The standard InChI is InChI=1S/C29H34FN3O4S/c1-6-31-29(35)23(5)32(18-24-10-12-25(30)13-11-24)28(34)19-33(27-16-9-21(3)17-22(27)4)38(36,37)26-14-7-20(2)8-15-26/h7-17,23H,6,18-19H2,1-5H3,(H,31,35). The van der Waals surface area contributed by atoms with Crippen LogP contribution in [0.4, 0.5) is 10.1 Å². The van der Waals surface area contributed by atoms with Gasteiger partial charge in [0.25, 0.3) is 10.0 Å². The Morgan fingerprint density at radius 3 is 2.11 bits per heavy atom. The highest BCUT2D eigenvalue weighted by atomic mass is 32.2. The molecule has 0 fully saturated rings. The second-order valence-electron chi connectivity index (χ2n) is 9.33. The maximum absolute atomic E-state index is 13.9. The molecule has 7 nitrogen and oxygen atoms in total. The topological polar surface area (TPSA) is 86.8 Å². The lowest BCUT2D eigenvalue weighted by molar-refractivity contribution is -0.139. The molecule has 0 saturated heterocycles. The van der Waals surface area contributed by atoms with Crippen LogP contribution in [0.2, 0.25) is 0 Å². The monoisotopic (exact) mass is 539 g/mol. The minimum atomic E-state index is -4.13. The van der Waals surface area contributed by atoms with Gasteiger partial charge in [-0.2, -0.15) is 0 Å². The van der Waals surface area contributed by atoms with E-state index in [0.29, 0.717) is 23.4 Å². The van der Waals surface area contributed by atoms with Crippen LogP contribution in [0, 0.1) is 26.6 Å². The minimum absolute atomic E-state index is 0.00269. The van der Waals surface area contributed by atoms with Crippen LogP contribution in [0.3, 0.4) is 0 Å². The molecule has 3 rings (SSSR count). The van der Waals surface area contributed by atoms with Crippen LogP contribution >= 0.6 is 0 Å². The molecular weight excluding hydrogens is 505 g/mol. The molecule has 0 spiro atoms. The van der Waals surface area contributed by atoms with Crippen molar-refractivity contribution in [2.24, 2.45) is 0 Å². The molecule has 0 aliphatic rings. The molecule has 1 unspecified atom stereocenters. The summed E-state index contributed by atoms with van der Waals surface area (Å²) < 4.78 is 42.3. The first kappa shape index (κ1) is 28.8. The van der Waals surface area contributed by atoms with Crippen molar-refractivity contribution < 1.29 is 22.4 Å². The highest BCUT2D eigenvalue weighted by Gasteiger charge is 2.33. The molecule has 1 N–H and O–H groups in total. The number of aryl methyl sites for hydroxylation is 3. The van der Waals surface area contributed by atoms with E-state index in [-0.39, 0.29) is 17.3 Å². The maximum Gasteiger partial charge on any atom is 0.264 e. The summed E-state index contributed by atoms with van der Waals surface area (Å²) in [5.41, 5.74) is 3.52. The Balaban J connectivity index is 2.06. The van der Waals surface area contributed by atoms with Crippen LogP contribution in [0.5, 0.6) is 0 Å². The van der Waals surface area contributed by atoms with Gasteiger partial charge in [-0.3, -0.25) is 13.9 Å². The van der Waals surface area contributed by atoms with E-state index in [2.05, 4.69) is 5.32 Å². The Labute approximate surface area is 224 Å². The molecule has 2 amide bonds. The molecule has 0 aromatic heterocycles. The third-order valence-corrected chi connectivity index (χ3v) is 8.07. The van der Waals surface area contributed by atoms with Gasteiger partial charge < -0.3 is 10.2 Å². The summed E-state index contributed by atoms with van der Waals surface area (Å²) in [6, 6.07) is 16.5. The molecule has 1 atom stereocenters. The number of carbonyl (C=O) groups excluding carboxylic acids is 2. The summed E-state index contributed by atoms with van der Waals surface area (Å²) >= 11 is 0. The molecule has 0 radical (unpaired) electrons. The Kier molecular flexibility index (Phi) is 9.27. The van der Waals surface area contributed by atoms with Crippen molar-refractivity contribution in [2.75, 3.05) is 17.4 Å². The van der Waals surface area contributed by atoms with Gasteiger partial charge in [-0.1, -0.05) is 47.5 Å². The zero-order valence-electron chi connectivity index (χ0n) is 22.4. The Morgan fingerprint density at radius 1 is 0.921 bits per heavy atom. The van der Waals surface area contributed by atoms with Gasteiger partial charge in [-0.05, 0) is 76.1 Å². The fourth-order valence-electron chi connectivity index (χ4n) is 4.13. The highest BCUT2D eigenvalue weighted by Crippen LogP contribution is 2.28. The van der Waals surface area contributed by atoms with Gasteiger partial charge >= 0.3 is 0 Å². The first-order valence-corrected chi connectivity index (χ1v) is 13.9. The Bertz CT molecular complexity index is 1390. The molecular formula is C29H34FN3O4S. The third-order valence-electron chi connectivity index (χ3n) is 6.29. The summed E-state index contributed by atoms with van der Waals surface area (Å²) in [6.07, 6.45) is 0. The number of amides is 2. The normalized spacial score (nSPS) is 12.1. The number of rotatable bonds is 10. The van der Waals surface area contributed by atoms with Crippen LogP contribution in [0.25, 0.3) is 0 Å². The van der Waals surface area contributed by atoms with Gasteiger partial charge in [0.15, 0.2) is 0 Å². The molecule has 202 valence electrons. The van der Waals surface area contributed by atoms with Crippen molar-refractivity contribution in [3.05, 3.63) is 94.8 Å². The Morgan fingerprint density at radius 2 is 1.53 bits per heavy atom. The summed E-state index contributed by atoms with van der Waals surface area (Å²) in [4.78, 5) is 27.9. The van der Waals surface area contributed by atoms with Gasteiger partial charge in [-0.15, -0.1) is 0 Å². The average Bonchev–Trinajstić information content (AvgIpc) is 2.87. The van der Waals surface area contributed by atoms with Crippen molar-refractivity contribution in [3.63, 3.8) is 0 Å². The lowest BCUT2D eigenvalue weighted by atomic mass is 10.1. The lowest BCUT2D eigenvalue weighted by Crippen LogP contribution is -2.51. The number of benzene rings is 3. The summed E-state index contributed by atoms with van der Waals surface area (Å²) in [5, 5.41) is 2.71. The van der Waals surface area contributed by atoms with Crippen LogP contribution in [-0.2, 0) is 26.2 Å². The van der Waals surface area contributed by atoms with E-state index in [1.54, 1.807) is 45.0 Å². The van der Waals surface area contributed by atoms with E-state index in [9.17, 15) is 22.4 Å². The van der Waals surface area contributed by atoms with E-state index in [0.717, 1.165) is 15.4 Å². The minimum Gasteiger partial charge on any atom is -0.355 e. The van der Waals surface area contributed by atoms with Crippen LogP contribution in [-0.4, -0.2) is 44.3 Å². The molecule has 3 aromatic rings. The number of hydrogen-bond donors (Lipinski definition) is 1. The zero-order valence-corrected chi connectivity index (χ0v) is 23.2. The summed E-state index contributed by atoms with van der Waals surface area (Å²) in [7, 11) is -4.13. The van der Waals surface area contributed by atoms with Gasteiger partial charge in [0, 0.05) is 13.1 Å². The number of likely N-dealkylation sites (N-methyl/N-ethyl adjacent to an activating group) is 1. The molecule has 3 aromatic carbocycles. The highest BCUT2D eigenvalue weighted by molar-refractivity contribution is 7.92. The first-order valence-electron chi connectivity index (χ1n) is 12.4. The van der Waals surface area contributed by atoms with Gasteiger partial charge in [0.1, 0.15) is 18.4 Å². The predicted octanol–water partition coefficient (Wildman–Crippen LogP) is 4.50. The smallest absolute Gasteiger partial charge is 0.264 e. The number of anilines is 1. The quantitative estimate of drug-likeness (QED) is 0.411. The van der Waals surface area contributed by atoms with Gasteiger partial charge in [0.05, 0.1) is 10.6 Å². The predicted molar refractivity (Wildman–Crippen MR) is 147 cm³/mol. The molecule has 0 aliphatic carbocycles. The largest absolute Gasteiger partial charge is 0.355 e. The average molecular weight is 540 g/mol. The number of sulfonamides is 1. The summed E-state index contributed by atoms with van der Waals surface area (Å²) in [6.45, 7) is 8.76. The van der Waals surface area contributed by atoms with Gasteiger partial charge in [-0.25, -0.2) is 12.8 Å². The molecule has 0 aliphatic heterocycles. The lowest BCUT2D eigenvalue weighted by Gasteiger charge is -2.32. The second kappa shape index (κ2) is 12.2. The van der Waals surface area contributed by atoms with Crippen molar-refractivity contribution in [1.29, 1.82) is 0 Å². The van der Waals surface area contributed by atoms with E-state index in [1.165, 1.54) is 41.3 Å². The van der Waals surface area contributed by atoms with E-state index >= 15 is 0 Å². The SMILES string of the molecule is CCNC(=O)C(C)N(Cc1ccc(F)cc1)C(=O)CN(c1ccc(C)cc1C)S(=O)(=O)c1ccc(C)cc1. The van der Waals surface area contributed by atoms with Crippen molar-refractivity contribution in [1.82, 2.24) is 10.2 Å². The number of halogens is 1. The molecule has 0 saturated carbocycles. The van der Waals surface area contributed by atoms with Crippen LogP contribution < -0.4 is 9.62 Å². The fourth-order valence-corrected chi connectivity index (χ4v) is 5.61. The number of nitrogens with zero attached hydrogens (tertiary/aromatic N) is 2. The van der Waals surface area contributed by atoms with Crippen molar-refractivity contribution in [3.8, 4) is 0 Å². The first-order chi connectivity index (χ1) is 17.9. The molecule has 9 heteroatoms. The Hall–Kier alpha value is -3.72. The van der Waals surface area contributed by atoms with Crippen LogP contribution in [0.1, 0.15) is 36.1 Å². The van der Waals surface area contributed by atoms with E-state index in [1.807, 2.05) is 19.9 Å². The zero-order chi connectivity index (χ0) is 28.0. The molecule has 0 heterocycles. The summed E-state index contributed by atoms with van der Waals surface area (Å²) in [5.74, 6) is -1.36. The van der Waals surface area contributed by atoms with Crippen molar-refractivity contribution in [2.45, 2.75) is 52.1 Å². The number of hydrogen-bond acceptors (Lipinski definition) is 4. The van der Waals surface area contributed by atoms with E-state index < -0.39 is 34.3 Å². The van der Waals surface area contributed by atoms with E-state index in [4.69, 9.17) is 0 Å². The van der Waals surface area contributed by atoms with Gasteiger partial charge in [0.2, 0.25) is 11.8 Å². The molecule has 38 heavy (non-hydrogen) atoms. The molecule has 0 bridgehead atoms.